The summed E-state index contributed by atoms with van der Waals surface area (Å²) in [7, 11) is 2.86. The van der Waals surface area contributed by atoms with E-state index in [0.717, 1.165) is 12.8 Å². The van der Waals surface area contributed by atoms with Gasteiger partial charge in [-0.05, 0) is 42.9 Å². The van der Waals surface area contributed by atoms with E-state index in [0.29, 0.717) is 36.5 Å². The van der Waals surface area contributed by atoms with Crippen LogP contribution in [0, 0.1) is 23.7 Å². The molecule has 0 N–H and O–H groups in total. The third-order valence-corrected chi connectivity index (χ3v) is 4.62. The van der Waals surface area contributed by atoms with Crippen molar-refractivity contribution in [2.24, 2.45) is 23.7 Å². The standard InChI is InChI=1S/C15H22O4/c1-18-14(16)7-5-12-10-3-4-11(9-10)13(12)6-8-15(17)19-2/h3-4,10-13H,5-9H2,1-2H3. The minimum Gasteiger partial charge on any atom is -0.469 e. The Kier molecular flexibility index (Phi) is 4.61. The van der Waals surface area contributed by atoms with Gasteiger partial charge in [0.2, 0.25) is 0 Å². The molecular formula is C15H22O4. The lowest BCUT2D eigenvalue weighted by molar-refractivity contribution is -0.142. The SMILES string of the molecule is COC(=O)CCC1C2C=CC(C2)C1CCC(=O)OC. The molecule has 1 fully saturated rings. The Morgan fingerprint density at radius 3 is 1.74 bits per heavy atom. The summed E-state index contributed by atoms with van der Waals surface area (Å²) < 4.78 is 9.42. The van der Waals surface area contributed by atoms with E-state index in [2.05, 4.69) is 12.2 Å². The molecule has 0 aromatic heterocycles. The number of carbonyl (C=O) groups is 2. The number of esters is 2. The van der Waals surface area contributed by atoms with Crippen LogP contribution in [0.3, 0.4) is 0 Å². The Morgan fingerprint density at radius 1 is 0.947 bits per heavy atom. The van der Waals surface area contributed by atoms with E-state index in [1.54, 1.807) is 0 Å². The highest BCUT2D eigenvalue weighted by molar-refractivity contribution is 5.69. The average molecular weight is 266 g/mol. The van der Waals surface area contributed by atoms with Crippen molar-refractivity contribution in [3.05, 3.63) is 12.2 Å². The fourth-order valence-electron chi connectivity index (χ4n) is 3.66. The smallest absolute Gasteiger partial charge is 0.305 e. The van der Waals surface area contributed by atoms with Crippen LogP contribution in [0.2, 0.25) is 0 Å². The molecule has 0 saturated heterocycles. The van der Waals surface area contributed by atoms with Crippen LogP contribution in [-0.4, -0.2) is 26.2 Å². The van der Waals surface area contributed by atoms with Gasteiger partial charge in [-0.15, -0.1) is 0 Å². The molecule has 0 amide bonds. The van der Waals surface area contributed by atoms with Crippen LogP contribution in [0.5, 0.6) is 0 Å². The molecule has 0 spiro atoms. The Labute approximate surface area is 114 Å². The summed E-state index contributed by atoms with van der Waals surface area (Å²) >= 11 is 0. The molecule has 2 rings (SSSR count). The molecule has 2 aliphatic carbocycles. The zero-order chi connectivity index (χ0) is 13.8. The van der Waals surface area contributed by atoms with E-state index in [4.69, 9.17) is 9.47 Å². The first-order chi connectivity index (χ1) is 9.15. The lowest BCUT2D eigenvalue weighted by Gasteiger charge is -2.27. The minimum atomic E-state index is -0.140. The lowest BCUT2D eigenvalue weighted by Crippen LogP contribution is -2.22. The Balaban J connectivity index is 1.89. The summed E-state index contributed by atoms with van der Waals surface area (Å²) in [5.41, 5.74) is 0. The van der Waals surface area contributed by atoms with Crippen molar-refractivity contribution < 1.29 is 19.1 Å². The summed E-state index contributed by atoms with van der Waals surface area (Å²) in [5, 5.41) is 0. The van der Waals surface area contributed by atoms with Gasteiger partial charge in [-0.25, -0.2) is 0 Å². The van der Waals surface area contributed by atoms with Crippen molar-refractivity contribution in [2.45, 2.75) is 32.1 Å². The zero-order valence-electron chi connectivity index (χ0n) is 11.6. The van der Waals surface area contributed by atoms with Crippen LogP contribution in [0.4, 0.5) is 0 Å². The predicted octanol–water partition coefficient (Wildman–Crippen LogP) is 2.33. The van der Waals surface area contributed by atoms with Crippen LogP contribution in [-0.2, 0) is 19.1 Å². The summed E-state index contributed by atoms with van der Waals surface area (Å²) in [6, 6.07) is 0. The van der Waals surface area contributed by atoms with Crippen molar-refractivity contribution >= 4 is 11.9 Å². The van der Waals surface area contributed by atoms with Crippen molar-refractivity contribution in [3.8, 4) is 0 Å². The second-order valence-electron chi connectivity index (χ2n) is 5.51. The lowest BCUT2D eigenvalue weighted by atomic mass is 9.78. The molecule has 0 aromatic rings. The van der Waals surface area contributed by atoms with Gasteiger partial charge >= 0.3 is 11.9 Å². The zero-order valence-corrected chi connectivity index (χ0v) is 11.6. The van der Waals surface area contributed by atoms with Crippen molar-refractivity contribution in [1.29, 1.82) is 0 Å². The normalized spacial score (nSPS) is 31.5. The van der Waals surface area contributed by atoms with Gasteiger partial charge in [0, 0.05) is 12.8 Å². The van der Waals surface area contributed by atoms with Gasteiger partial charge in [0.15, 0.2) is 0 Å². The first kappa shape index (κ1) is 14.1. The Hall–Kier alpha value is -1.32. The third kappa shape index (κ3) is 3.17. The molecule has 19 heavy (non-hydrogen) atoms. The molecule has 0 aliphatic heterocycles. The third-order valence-electron chi connectivity index (χ3n) is 4.62. The number of rotatable bonds is 6. The van der Waals surface area contributed by atoms with E-state index < -0.39 is 0 Å². The van der Waals surface area contributed by atoms with E-state index in [-0.39, 0.29) is 11.9 Å². The highest BCUT2D eigenvalue weighted by Gasteiger charge is 2.43. The topological polar surface area (TPSA) is 52.6 Å². The minimum absolute atomic E-state index is 0.140. The molecule has 2 aliphatic rings. The summed E-state index contributed by atoms with van der Waals surface area (Å²) in [6.07, 6.45) is 8.42. The van der Waals surface area contributed by atoms with Crippen molar-refractivity contribution in [1.82, 2.24) is 0 Å². The highest BCUT2D eigenvalue weighted by atomic mass is 16.5. The largest absolute Gasteiger partial charge is 0.469 e. The van der Waals surface area contributed by atoms with Crippen LogP contribution in [0.15, 0.2) is 12.2 Å². The number of ether oxygens (including phenoxy) is 2. The van der Waals surface area contributed by atoms with Crippen molar-refractivity contribution in [2.75, 3.05) is 14.2 Å². The fraction of sp³-hybridized carbons (Fsp3) is 0.733. The number of allylic oxidation sites excluding steroid dienone is 2. The Bertz CT molecular complexity index is 340. The Morgan fingerprint density at radius 2 is 1.37 bits per heavy atom. The first-order valence-corrected chi connectivity index (χ1v) is 6.97. The van der Waals surface area contributed by atoms with Crippen LogP contribution in [0.1, 0.15) is 32.1 Å². The van der Waals surface area contributed by atoms with Gasteiger partial charge in [-0.1, -0.05) is 12.2 Å². The van der Waals surface area contributed by atoms with Crippen LogP contribution in [0.25, 0.3) is 0 Å². The summed E-state index contributed by atoms with van der Waals surface area (Å²) in [5.74, 6) is 1.91. The molecule has 4 unspecified atom stereocenters. The maximum atomic E-state index is 11.3. The van der Waals surface area contributed by atoms with E-state index >= 15 is 0 Å². The molecule has 1 saturated carbocycles. The second kappa shape index (κ2) is 6.22. The van der Waals surface area contributed by atoms with E-state index in [1.165, 1.54) is 20.6 Å². The molecule has 4 atom stereocenters. The molecule has 0 heterocycles. The molecule has 0 aromatic carbocycles. The molecule has 2 bridgehead atoms. The van der Waals surface area contributed by atoms with Gasteiger partial charge in [-0.2, -0.15) is 0 Å². The first-order valence-electron chi connectivity index (χ1n) is 6.97. The summed E-state index contributed by atoms with van der Waals surface area (Å²) in [6.45, 7) is 0. The van der Waals surface area contributed by atoms with E-state index in [1.807, 2.05) is 0 Å². The molecular weight excluding hydrogens is 244 g/mol. The van der Waals surface area contributed by atoms with Crippen LogP contribution < -0.4 is 0 Å². The summed E-state index contributed by atoms with van der Waals surface area (Å²) in [4.78, 5) is 22.6. The van der Waals surface area contributed by atoms with Gasteiger partial charge in [-0.3, -0.25) is 9.59 Å². The quantitative estimate of drug-likeness (QED) is 0.547. The monoisotopic (exact) mass is 266 g/mol. The van der Waals surface area contributed by atoms with Crippen molar-refractivity contribution in [3.63, 3.8) is 0 Å². The van der Waals surface area contributed by atoms with Gasteiger partial charge in [0.1, 0.15) is 0 Å². The number of carbonyl (C=O) groups excluding carboxylic acids is 2. The predicted molar refractivity (Wildman–Crippen MR) is 70.2 cm³/mol. The number of hydrogen-bond acceptors (Lipinski definition) is 4. The number of methoxy groups -OCH3 is 2. The fourth-order valence-corrected chi connectivity index (χ4v) is 3.66. The average Bonchev–Trinajstić information content (AvgIpc) is 3.02. The number of hydrogen-bond donors (Lipinski definition) is 0. The second-order valence-corrected chi connectivity index (χ2v) is 5.51. The van der Waals surface area contributed by atoms with Gasteiger partial charge in [0.05, 0.1) is 14.2 Å². The van der Waals surface area contributed by atoms with Crippen LogP contribution >= 0.6 is 0 Å². The maximum absolute atomic E-state index is 11.3. The van der Waals surface area contributed by atoms with E-state index in [9.17, 15) is 9.59 Å². The molecule has 4 heteroatoms. The maximum Gasteiger partial charge on any atom is 0.305 e. The van der Waals surface area contributed by atoms with Gasteiger partial charge < -0.3 is 9.47 Å². The molecule has 106 valence electrons. The number of fused-ring (bicyclic) bond motifs is 2. The highest BCUT2D eigenvalue weighted by Crippen LogP contribution is 2.51. The molecule has 4 nitrogen and oxygen atoms in total. The van der Waals surface area contributed by atoms with Gasteiger partial charge in [0.25, 0.3) is 0 Å². The molecule has 0 radical (unpaired) electrons.